The molecule has 1 aliphatic rings. The lowest BCUT2D eigenvalue weighted by Gasteiger charge is -2.24. The van der Waals surface area contributed by atoms with Gasteiger partial charge in [-0.15, -0.1) is 12.4 Å². The van der Waals surface area contributed by atoms with E-state index in [1.165, 1.54) is 6.42 Å². The normalized spacial score (nSPS) is 24.8. The highest BCUT2D eigenvalue weighted by molar-refractivity contribution is 5.85. The van der Waals surface area contributed by atoms with Crippen molar-refractivity contribution in [2.75, 3.05) is 19.8 Å². The van der Waals surface area contributed by atoms with Crippen molar-refractivity contribution in [3.8, 4) is 0 Å². The maximum Gasteiger partial charge on any atom is 0.0620 e. The second-order valence-corrected chi connectivity index (χ2v) is 3.36. The molecule has 0 unspecified atom stereocenters. The molecule has 1 aliphatic heterocycles. The zero-order valence-corrected chi connectivity index (χ0v) is 8.12. The molecule has 1 heterocycles. The highest BCUT2D eigenvalue weighted by Gasteiger charge is 2.13. The van der Waals surface area contributed by atoms with Crippen LogP contribution in [0.5, 0.6) is 0 Å². The van der Waals surface area contributed by atoms with Gasteiger partial charge in [0.1, 0.15) is 0 Å². The first-order valence-electron chi connectivity index (χ1n) is 4.10. The molecule has 1 saturated heterocycles. The van der Waals surface area contributed by atoms with Gasteiger partial charge in [-0.25, -0.2) is 0 Å². The van der Waals surface area contributed by atoms with E-state index in [2.05, 4.69) is 19.2 Å². The summed E-state index contributed by atoms with van der Waals surface area (Å²) >= 11 is 0. The SMILES string of the molecule is CC(C)C[C@H]1COCCN1.Cl. The van der Waals surface area contributed by atoms with Crippen LogP contribution in [0.1, 0.15) is 20.3 Å². The zero-order valence-electron chi connectivity index (χ0n) is 7.30. The van der Waals surface area contributed by atoms with Crippen molar-refractivity contribution in [2.24, 2.45) is 5.92 Å². The van der Waals surface area contributed by atoms with Gasteiger partial charge in [0.25, 0.3) is 0 Å². The zero-order chi connectivity index (χ0) is 7.40. The molecule has 11 heavy (non-hydrogen) atoms. The number of ether oxygens (including phenoxy) is 1. The summed E-state index contributed by atoms with van der Waals surface area (Å²) < 4.78 is 5.32. The van der Waals surface area contributed by atoms with Gasteiger partial charge in [-0.1, -0.05) is 13.8 Å². The molecule has 1 rings (SSSR count). The Kier molecular flexibility index (Phi) is 5.92. The van der Waals surface area contributed by atoms with Crippen molar-refractivity contribution < 1.29 is 4.74 Å². The molecular weight excluding hydrogens is 162 g/mol. The van der Waals surface area contributed by atoms with E-state index in [9.17, 15) is 0 Å². The lowest BCUT2D eigenvalue weighted by Crippen LogP contribution is -2.41. The standard InChI is InChI=1S/C8H17NO.ClH/c1-7(2)5-8-6-10-4-3-9-8;/h7-9H,3-6H2,1-2H3;1H/t8-;/m0./s1. The largest absolute Gasteiger partial charge is 0.379 e. The molecule has 2 nitrogen and oxygen atoms in total. The number of hydrogen-bond acceptors (Lipinski definition) is 2. The molecular formula is C8H18ClNO. The van der Waals surface area contributed by atoms with Crippen LogP contribution in [0, 0.1) is 5.92 Å². The molecule has 0 radical (unpaired) electrons. The minimum absolute atomic E-state index is 0. The van der Waals surface area contributed by atoms with Crippen molar-refractivity contribution in [3.63, 3.8) is 0 Å². The third-order valence-corrected chi connectivity index (χ3v) is 1.75. The molecule has 1 atom stereocenters. The Balaban J connectivity index is 0.000001000. The molecule has 68 valence electrons. The second kappa shape index (κ2) is 5.81. The van der Waals surface area contributed by atoms with Crippen LogP contribution >= 0.6 is 12.4 Å². The predicted molar refractivity (Wildman–Crippen MR) is 49.3 cm³/mol. The van der Waals surface area contributed by atoms with Crippen LogP contribution in [0.4, 0.5) is 0 Å². The summed E-state index contributed by atoms with van der Waals surface area (Å²) in [6.07, 6.45) is 1.24. The minimum Gasteiger partial charge on any atom is -0.379 e. The monoisotopic (exact) mass is 179 g/mol. The number of halogens is 1. The third-order valence-electron chi connectivity index (χ3n) is 1.75. The van der Waals surface area contributed by atoms with Gasteiger partial charge in [0, 0.05) is 12.6 Å². The average Bonchev–Trinajstić information content (AvgIpc) is 1.88. The first-order valence-corrected chi connectivity index (χ1v) is 4.10. The van der Waals surface area contributed by atoms with Crippen LogP contribution in [-0.2, 0) is 4.74 Å². The Bertz CT molecular complexity index is 92.1. The topological polar surface area (TPSA) is 21.3 Å². The Morgan fingerprint density at radius 1 is 1.55 bits per heavy atom. The molecule has 0 saturated carbocycles. The van der Waals surface area contributed by atoms with Gasteiger partial charge >= 0.3 is 0 Å². The van der Waals surface area contributed by atoms with Crippen molar-refractivity contribution in [2.45, 2.75) is 26.3 Å². The van der Waals surface area contributed by atoms with Crippen LogP contribution in [0.2, 0.25) is 0 Å². The molecule has 0 aliphatic carbocycles. The van der Waals surface area contributed by atoms with E-state index in [0.29, 0.717) is 6.04 Å². The maximum atomic E-state index is 5.32. The summed E-state index contributed by atoms with van der Waals surface area (Å²) in [5.41, 5.74) is 0. The summed E-state index contributed by atoms with van der Waals surface area (Å²) in [5.74, 6) is 0.777. The van der Waals surface area contributed by atoms with Gasteiger partial charge in [0.15, 0.2) is 0 Å². The molecule has 0 spiro atoms. The van der Waals surface area contributed by atoms with Crippen LogP contribution in [0.15, 0.2) is 0 Å². The summed E-state index contributed by atoms with van der Waals surface area (Å²) in [4.78, 5) is 0. The van der Waals surface area contributed by atoms with E-state index in [1.807, 2.05) is 0 Å². The third kappa shape index (κ3) is 4.62. The molecule has 3 heteroatoms. The number of nitrogens with one attached hydrogen (secondary N) is 1. The van der Waals surface area contributed by atoms with Gasteiger partial charge in [-0.3, -0.25) is 0 Å². The quantitative estimate of drug-likeness (QED) is 0.693. The molecule has 0 aromatic heterocycles. The van der Waals surface area contributed by atoms with Crippen molar-refractivity contribution in [1.29, 1.82) is 0 Å². The van der Waals surface area contributed by atoms with E-state index < -0.39 is 0 Å². The van der Waals surface area contributed by atoms with Gasteiger partial charge in [0.05, 0.1) is 13.2 Å². The fourth-order valence-electron chi connectivity index (χ4n) is 1.34. The Labute approximate surface area is 75.1 Å². The van der Waals surface area contributed by atoms with Crippen molar-refractivity contribution in [3.05, 3.63) is 0 Å². The van der Waals surface area contributed by atoms with Gasteiger partial charge in [-0.2, -0.15) is 0 Å². The van der Waals surface area contributed by atoms with Crippen LogP contribution in [-0.4, -0.2) is 25.8 Å². The molecule has 1 fully saturated rings. The van der Waals surface area contributed by atoms with Crippen LogP contribution in [0.25, 0.3) is 0 Å². The Hall–Kier alpha value is 0.210. The highest BCUT2D eigenvalue weighted by Crippen LogP contribution is 2.06. The van der Waals surface area contributed by atoms with Gasteiger partial charge < -0.3 is 10.1 Å². The fraction of sp³-hybridized carbons (Fsp3) is 1.00. The highest BCUT2D eigenvalue weighted by atomic mass is 35.5. The summed E-state index contributed by atoms with van der Waals surface area (Å²) in [6.45, 7) is 7.30. The van der Waals surface area contributed by atoms with E-state index in [4.69, 9.17) is 4.74 Å². The molecule has 1 N–H and O–H groups in total. The summed E-state index contributed by atoms with van der Waals surface area (Å²) in [7, 11) is 0. The summed E-state index contributed by atoms with van der Waals surface area (Å²) in [5, 5.41) is 3.43. The lowest BCUT2D eigenvalue weighted by molar-refractivity contribution is 0.0702. The van der Waals surface area contributed by atoms with Gasteiger partial charge in [0.2, 0.25) is 0 Å². The maximum absolute atomic E-state index is 5.32. The number of rotatable bonds is 2. The minimum atomic E-state index is 0. The number of morpholine rings is 1. The van der Waals surface area contributed by atoms with Crippen molar-refractivity contribution in [1.82, 2.24) is 5.32 Å². The van der Waals surface area contributed by atoms with Crippen LogP contribution < -0.4 is 5.32 Å². The van der Waals surface area contributed by atoms with Crippen molar-refractivity contribution >= 4 is 12.4 Å². The average molecular weight is 180 g/mol. The lowest BCUT2D eigenvalue weighted by atomic mass is 10.0. The first kappa shape index (κ1) is 11.2. The Morgan fingerprint density at radius 3 is 2.73 bits per heavy atom. The first-order chi connectivity index (χ1) is 4.79. The molecule has 0 aromatic rings. The molecule has 0 aromatic carbocycles. The second-order valence-electron chi connectivity index (χ2n) is 3.36. The number of hydrogen-bond donors (Lipinski definition) is 1. The van der Waals surface area contributed by atoms with E-state index in [1.54, 1.807) is 0 Å². The Morgan fingerprint density at radius 2 is 2.27 bits per heavy atom. The summed E-state index contributed by atoms with van der Waals surface area (Å²) in [6, 6.07) is 0.605. The smallest absolute Gasteiger partial charge is 0.0620 e. The van der Waals surface area contributed by atoms with E-state index in [0.717, 1.165) is 25.7 Å². The predicted octanol–water partition coefficient (Wildman–Crippen LogP) is 1.44. The molecule has 0 bridgehead atoms. The van der Waals surface area contributed by atoms with Gasteiger partial charge in [-0.05, 0) is 12.3 Å². The molecule has 0 amide bonds. The van der Waals surface area contributed by atoms with Crippen LogP contribution in [0.3, 0.4) is 0 Å². The fourth-order valence-corrected chi connectivity index (χ4v) is 1.34. The van der Waals surface area contributed by atoms with E-state index >= 15 is 0 Å². The van der Waals surface area contributed by atoms with E-state index in [-0.39, 0.29) is 12.4 Å².